The Kier molecular flexibility index (Phi) is 3.79. The summed E-state index contributed by atoms with van der Waals surface area (Å²) in [6.07, 6.45) is 2.97. The van der Waals surface area contributed by atoms with Gasteiger partial charge in [0.15, 0.2) is 0 Å². The molecule has 0 aromatic heterocycles. The van der Waals surface area contributed by atoms with Crippen LogP contribution in [0.15, 0.2) is 0 Å². The molecule has 0 bridgehead atoms. The highest BCUT2D eigenvalue weighted by atomic mass is 16.6. The summed E-state index contributed by atoms with van der Waals surface area (Å²) in [7, 11) is 0. The third kappa shape index (κ3) is 2.96. The second-order valence-corrected chi connectivity index (χ2v) is 5.73. The first-order valence-corrected chi connectivity index (χ1v) is 6.12. The van der Waals surface area contributed by atoms with Gasteiger partial charge in [0.25, 0.3) is 0 Å². The van der Waals surface area contributed by atoms with Gasteiger partial charge < -0.3 is 4.74 Å². The maximum Gasteiger partial charge on any atom is 0.385 e. The van der Waals surface area contributed by atoms with Crippen molar-refractivity contribution in [2.24, 2.45) is 5.92 Å². The highest BCUT2D eigenvalue weighted by Crippen LogP contribution is 2.50. The molecule has 0 unspecified atom stereocenters. The Balaban J connectivity index is 2.70. The van der Waals surface area contributed by atoms with E-state index in [0.29, 0.717) is 6.42 Å². The molecular formula is C12H21NO4. The molecule has 5 nitrogen and oxygen atoms in total. The Morgan fingerprint density at radius 2 is 2.12 bits per heavy atom. The van der Waals surface area contributed by atoms with E-state index in [1.165, 1.54) is 0 Å². The van der Waals surface area contributed by atoms with E-state index in [1.807, 2.05) is 6.92 Å². The van der Waals surface area contributed by atoms with E-state index in [2.05, 4.69) is 0 Å². The number of carbonyl (C=O) groups is 1. The summed E-state index contributed by atoms with van der Waals surface area (Å²) < 4.78 is 5.16. The summed E-state index contributed by atoms with van der Waals surface area (Å²) in [5.74, 6) is -0.816. The van der Waals surface area contributed by atoms with Gasteiger partial charge in [0.05, 0.1) is 0 Å². The van der Waals surface area contributed by atoms with Crippen LogP contribution in [-0.2, 0) is 9.53 Å². The molecule has 98 valence electrons. The fourth-order valence-corrected chi connectivity index (χ4v) is 2.02. The van der Waals surface area contributed by atoms with Crippen molar-refractivity contribution in [3.05, 3.63) is 10.1 Å². The summed E-state index contributed by atoms with van der Waals surface area (Å²) in [5.41, 5.74) is -2.12. The molecule has 1 fully saturated rings. The van der Waals surface area contributed by atoms with E-state index >= 15 is 0 Å². The molecule has 1 aliphatic carbocycles. The summed E-state index contributed by atoms with van der Waals surface area (Å²) >= 11 is 0. The number of unbranched alkanes of at least 4 members (excludes halogenated alkanes) is 1. The quantitative estimate of drug-likeness (QED) is 0.422. The number of hydrogen-bond acceptors (Lipinski definition) is 4. The number of carbonyl (C=O) groups excluding carboxylic acids is 1. The van der Waals surface area contributed by atoms with Crippen molar-refractivity contribution in [2.45, 2.75) is 64.5 Å². The molecule has 0 N–H and O–H groups in total. The maximum atomic E-state index is 11.9. The van der Waals surface area contributed by atoms with E-state index < -0.39 is 22.0 Å². The van der Waals surface area contributed by atoms with E-state index in [9.17, 15) is 14.9 Å². The van der Waals surface area contributed by atoms with Crippen molar-refractivity contribution in [3.63, 3.8) is 0 Å². The van der Waals surface area contributed by atoms with E-state index in [1.54, 1.807) is 20.8 Å². The lowest BCUT2D eigenvalue weighted by molar-refractivity contribution is -0.530. The minimum Gasteiger partial charge on any atom is -0.455 e. The number of ether oxygens (including phenoxy) is 1. The first-order chi connectivity index (χ1) is 7.74. The van der Waals surface area contributed by atoms with Crippen LogP contribution in [0.25, 0.3) is 0 Å². The zero-order valence-corrected chi connectivity index (χ0v) is 11.0. The molecule has 0 heterocycles. The van der Waals surface area contributed by atoms with Crippen LogP contribution >= 0.6 is 0 Å². The molecular weight excluding hydrogens is 222 g/mol. The smallest absolute Gasteiger partial charge is 0.385 e. The molecule has 0 radical (unpaired) electrons. The zero-order valence-electron chi connectivity index (χ0n) is 11.0. The van der Waals surface area contributed by atoms with Crippen molar-refractivity contribution >= 4 is 5.97 Å². The van der Waals surface area contributed by atoms with Crippen LogP contribution in [0.2, 0.25) is 0 Å². The molecule has 0 amide bonds. The van der Waals surface area contributed by atoms with Crippen molar-refractivity contribution in [1.29, 1.82) is 0 Å². The Labute approximate surface area is 102 Å². The van der Waals surface area contributed by atoms with E-state index in [0.717, 1.165) is 19.3 Å². The third-order valence-electron chi connectivity index (χ3n) is 3.06. The van der Waals surface area contributed by atoms with Crippen LogP contribution in [-0.4, -0.2) is 22.0 Å². The Hall–Kier alpha value is -1.13. The molecule has 0 aromatic rings. The van der Waals surface area contributed by atoms with Crippen molar-refractivity contribution in [1.82, 2.24) is 0 Å². The lowest BCUT2D eigenvalue weighted by atomic mass is 10.1. The number of rotatable bonds is 5. The molecule has 1 saturated carbocycles. The summed E-state index contributed by atoms with van der Waals surface area (Å²) in [6, 6.07) is 0. The summed E-state index contributed by atoms with van der Waals surface area (Å²) in [5, 5.41) is 11.1. The van der Waals surface area contributed by atoms with Gasteiger partial charge in [0, 0.05) is 17.3 Å². The van der Waals surface area contributed by atoms with Gasteiger partial charge in [-0.25, -0.2) is 4.79 Å². The predicted octanol–water partition coefficient (Wildman–Crippen LogP) is 2.55. The molecule has 1 aliphatic rings. The van der Waals surface area contributed by atoms with Crippen molar-refractivity contribution in [3.8, 4) is 0 Å². The lowest BCUT2D eigenvalue weighted by Crippen LogP contribution is -2.40. The molecule has 0 aromatic carbocycles. The molecule has 2 atom stereocenters. The minimum absolute atomic E-state index is 0.146. The molecule has 17 heavy (non-hydrogen) atoms. The minimum atomic E-state index is -1.46. The van der Waals surface area contributed by atoms with Crippen LogP contribution in [0.3, 0.4) is 0 Å². The first kappa shape index (κ1) is 13.9. The highest BCUT2D eigenvalue weighted by molar-refractivity contribution is 5.83. The van der Waals surface area contributed by atoms with Crippen molar-refractivity contribution < 1.29 is 14.5 Å². The second-order valence-electron chi connectivity index (χ2n) is 5.73. The van der Waals surface area contributed by atoms with Crippen LogP contribution in [0.1, 0.15) is 53.4 Å². The molecule has 0 spiro atoms. The zero-order chi connectivity index (χ0) is 13.3. The summed E-state index contributed by atoms with van der Waals surface area (Å²) in [4.78, 5) is 22.5. The Bertz CT molecular complexity index is 321. The average Bonchev–Trinajstić information content (AvgIpc) is 2.87. The largest absolute Gasteiger partial charge is 0.455 e. The van der Waals surface area contributed by atoms with E-state index in [4.69, 9.17) is 4.74 Å². The predicted molar refractivity (Wildman–Crippen MR) is 63.2 cm³/mol. The maximum absolute atomic E-state index is 11.9. The van der Waals surface area contributed by atoms with Gasteiger partial charge in [-0.2, -0.15) is 0 Å². The standard InChI is InChI=1S/C12H21NO4/c1-5-6-7-9-8-12(9,13(15)16)10(14)17-11(2,3)4/h9H,5-8H2,1-4H3/t9-,12+/m1/s1. The van der Waals surface area contributed by atoms with Crippen LogP contribution < -0.4 is 0 Å². The number of nitrogens with zero attached hydrogens (tertiary/aromatic N) is 1. The van der Waals surface area contributed by atoms with Gasteiger partial charge in [0.1, 0.15) is 5.60 Å². The highest BCUT2D eigenvalue weighted by Gasteiger charge is 2.73. The second kappa shape index (κ2) is 4.63. The normalized spacial score (nSPS) is 27.6. The molecule has 0 saturated heterocycles. The number of hydrogen-bond donors (Lipinski definition) is 0. The molecule has 0 aliphatic heterocycles. The third-order valence-corrected chi connectivity index (χ3v) is 3.06. The van der Waals surface area contributed by atoms with Gasteiger partial charge in [-0.05, 0) is 27.2 Å². The number of nitro groups is 1. The first-order valence-electron chi connectivity index (χ1n) is 6.12. The van der Waals surface area contributed by atoms with Crippen LogP contribution in [0.4, 0.5) is 0 Å². The molecule has 1 rings (SSSR count). The van der Waals surface area contributed by atoms with Gasteiger partial charge in [-0.15, -0.1) is 0 Å². The van der Waals surface area contributed by atoms with Gasteiger partial charge in [-0.3, -0.25) is 10.1 Å². The topological polar surface area (TPSA) is 69.4 Å². The van der Waals surface area contributed by atoms with Gasteiger partial charge in [0.2, 0.25) is 0 Å². The van der Waals surface area contributed by atoms with Gasteiger partial charge >= 0.3 is 11.5 Å². The van der Waals surface area contributed by atoms with Gasteiger partial charge in [-0.1, -0.05) is 19.8 Å². The summed E-state index contributed by atoms with van der Waals surface area (Å²) in [6.45, 7) is 7.20. The monoisotopic (exact) mass is 243 g/mol. The fourth-order valence-electron chi connectivity index (χ4n) is 2.02. The van der Waals surface area contributed by atoms with Crippen LogP contribution in [0.5, 0.6) is 0 Å². The van der Waals surface area contributed by atoms with Crippen LogP contribution in [0, 0.1) is 16.0 Å². The van der Waals surface area contributed by atoms with Crippen molar-refractivity contribution in [2.75, 3.05) is 0 Å². The Morgan fingerprint density at radius 3 is 2.53 bits per heavy atom. The average molecular weight is 243 g/mol. The molecule has 5 heteroatoms. The fraction of sp³-hybridized carbons (Fsp3) is 0.917. The number of esters is 1. The SMILES string of the molecule is CCCC[C@@H]1C[C@]1(C(=O)OC(C)(C)C)[N+](=O)[O-]. The van der Waals surface area contributed by atoms with E-state index in [-0.39, 0.29) is 5.92 Å². The Morgan fingerprint density at radius 1 is 1.53 bits per heavy atom. The lowest BCUT2D eigenvalue weighted by Gasteiger charge is -2.21.